The molecule has 0 bridgehead atoms. The smallest absolute Gasteiger partial charge is 0.339 e. The van der Waals surface area contributed by atoms with Crippen molar-refractivity contribution in [3.05, 3.63) is 131 Å². The SMILES string of the molecule is Cc1ccccc1OCC(=O)Nc1ccc(C(=O)OC(c2ccccc2)c2ccccc2)cc1. The van der Waals surface area contributed by atoms with E-state index in [2.05, 4.69) is 5.32 Å². The van der Waals surface area contributed by atoms with Gasteiger partial charge in [-0.3, -0.25) is 4.79 Å². The van der Waals surface area contributed by atoms with E-state index in [0.29, 0.717) is 17.0 Å². The number of hydrogen-bond donors (Lipinski definition) is 1. The van der Waals surface area contributed by atoms with Crippen LogP contribution >= 0.6 is 0 Å². The van der Waals surface area contributed by atoms with Gasteiger partial charge in [-0.1, -0.05) is 78.9 Å². The van der Waals surface area contributed by atoms with Crippen molar-refractivity contribution in [3.8, 4) is 5.75 Å². The fraction of sp³-hybridized carbons (Fsp3) is 0.103. The maximum absolute atomic E-state index is 12.9. The summed E-state index contributed by atoms with van der Waals surface area (Å²) in [5.74, 6) is -0.0626. The van der Waals surface area contributed by atoms with Crippen molar-refractivity contribution in [2.45, 2.75) is 13.0 Å². The molecule has 0 unspecified atom stereocenters. The summed E-state index contributed by atoms with van der Waals surface area (Å²) in [7, 11) is 0. The first-order valence-corrected chi connectivity index (χ1v) is 11.0. The van der Waals surface area contributed by atoms with Crippen LogP contribution in [0, 0.1) is 6.92 Å². The molecule has 4 rings (SSSR count). The molecule has 4 aromatic rings. The number of esters is 1. The van der Waals surface area contributed by atoms with Crippen molar-refractivity contribution in [1.82, 2.24) is 0 Å². The number of nitrogens with one attached hydrogen (secondary N) is 1. The van der Waals surface area contributed by atoms with Crippen LogP contribution < -0.4 is 10.1 Å². The lowest BCUT2D eigenvalue weighted by atomic mass is 10.0. The van der Waals surface area contributed by atoms with Gasteiger partial charge in [0.2, 0.25) is 0 Å². The van der Waals surface area contributed by atoms with Crippen molar-refractivity contribution < 1.29 is 19.1 Å². The molecule has 5 nitrogen and oxygen atoms in total. The van der Waals surface area contributed by atoms with Gasteiger partial charge in [0.15, 0.2) is 12.7 Å². The second kappa shape index (κ2) is 11.0. The molecule has 5 heteroatoms. The summed E-state index contributed by atoms with van der Waals surface area (Å²) >= 11 is 0. The average Bonchev–Trinajstić information content (AvgIpc) is 2.88. The van der Waals surface area contributed by atoms with E-state index in [1.165, 1.54) is 0 Å². The Morgan fingerprint density at radius 1 is 0.735 bits per heavy atom. The molecule has 4 aromatic carbocycles. The van der Waals surface area contributed by atoms with Gasteiger partial charge in [0, 0.05) is 5.69 Å². The summed E-state index contributed by atoms with van der Waals surface area (Å²) in [5.41, 5.74) is 3.70. The molecular weight excluding hydrogens is 426 g/mol. The van der Waals surface area contributed by atoms with E-state index in [-0.39, 0.29) is 12.5 Å². The Kier molecular flexibility index (Phi) is 7.35. The fourth-order valence-corrected chi connectivity index (χ4v) is 3.51. The predicted octanol–water partition coefficient (Wildman–Crippen LogP) is 5.96. The Labute approximate surface area is 199 Å². The molecule has 1 amide bonds. The zero-order valence-electron chi connectivity index (χ0n) is 18.8. The molecule has 0 saturated heterocycles. The maximum atomic E-state index is 12.9. The summed E-state index contributed by atoms with van der Waals surface area (Å²) in [5, 5.41) is 2.77. The second-order valence-corrected chi connectivity index (χ2v) is 7.79. The molecule has 170 valence electrons. The Balaban J connectivity index is 1.39. The van der Waals surface area contributed by atoms with E-state index in [1.807, 2.05) is 91.9 Å². The van der Waals surface area contributed by atoms with Crippen LogP contribution in [-0.4, -0.2) is 18.5 Å². The van der Waals surface area contributed by atoms with E-state index in [9.17, 15) is 9.59 Å². The minimum absolute atomic E-state index is 0.107. The molecule has 0 atom stereocenters. The van der Waals surface area contributed by atoms with Gasteiger partial charge in [0.05, 0.1) is 5.56 Å². The summed E-state index contributed by atoms with van der Waals surface area (Å²) in [6, 6.07) is 33.4. The van der Waals surface area contributed by atoms with Gasteiger partial charge in [-0.15, -0.1) is 0 Å². The minimum atomic E-state index is -0.520. The van der Waals surface area contributed by atoms with Crippen LogP contribution in [0.15, 0.2) is 109 Å². The lowest BCUT2D eigenvalue weighted by Gasteiger charge is -2.19. The summed E-state index contributed by atoms with van der Waals surface area (Å²) in [6.45, 7) is 1.82. The maximum Gasteiger partial charge on any atom is 0.339 e. The Bertz CT molecular complexity index is 1200. The Hall–Kier alpha value is -4.38. The van der Waals surface area contributed by atoms with Gasteiger partial charge in [-0.2, -0.15) is 0 Å². The van der Waals surface area contributed by atoms with Gasteiger partial charge in [0.1, 0.15) is 5.75 Å². The number of ether oxygens (including phenoxy) is 2. The molecule has 0 aliphatic carbocycles. The lowest BCUT2D eigenvalue weighted by molar-refractivity contribution is -0.118. The number of para-hydroxylation sites is 1. The largest absolute Gasteiger partial charge is 0.483 e. The van der Waals surface area contributed by atoms with Crippen molar-refractivity contribution >= 4 is 17.6 Å². The number of aryl methyl sites for hydroxylation is 1. The van der Waals surface area contributed by atoms with Crippen molar-refractivity contribution in [2.75, 3.05) is 11.9 Å². The molecule has 34 heavy (non-hydrogen) atoms. The second-order valence-electron chi connectivity index (χ2n) is 7.79. The highest BCUT2D eigenvalue weighted by Gasteiger charge is 2.20. The number of carbonyl (C=O) groups excluding carboxylic acids is 2. The van der Waals surface area contributed by atoms with Crippen LogP contribution in [0.1, 0.15) is 33.2 Å². The topological polar surface area (TPSA) is 64.6 Å². The standard InChI is InChI=1S/C29H25NO4/c1-21-10-8-9-15-26(21)33-20-27(31)30-25-18-16-24(17-19-25)29(32)34-28(22-11-4-2-5-12-22)23-13-6-3-7-14-23/h2-19,28H,20H2,1H3,(H,30,31). The number of anilines is 1. The van der Waals surface area contributed by atoms with E-state index >= 15 is 0 Å². The van der Waals surface area contributed by atoms with Crippen molar-refractivity contribution in [1.29, 1.82) is 0 Å². The van der Waals surface area contributed by atoms with E-state index in [1.54, 1.807) is 24.3 Å². The summed E-state index contributed by atoms with van der Waals surface area (Å²) < 4.78 is 11.5. The highest BCUT2D eigenvalue weighted by Crippen LogP contribution is 2.27. The van der Waals surface area contributed by atoms with Gasteiger partial charge in [-0.25, -0.2) is 4.79 Å². The third-order valence-electron chi connectivity index (χ3n) is 5.29. The molecule has 1 N–H and O–H groups in total. The van der Waals surface area contributed by atoms with Gasteiger partial charge < -0.3 is 14.8 Å². The number of benzene rings is 4. The molecule has 0 aliphatic heterocycles. The highest BCUT2D eigenvalue weighted by atomic mass is 16.5. The molecule has 0 aromatic heterocycles. The zero-order chi connectivity index (χ0) is 23.8. The molecule has 0 aliphatic rings. The predicted molar refractivity (Wildman–Crippen MR) is 132 cm³/mol. The monoisotopic (exact) mass is 451 g/mol. The van der Waals surface area contributed by atoms with E-state index in [4.69, 9.17) is 9.47 Å². The zero-order valence-corrected chi connectivity index (χ0v) is 18.8. The Morgan fingerprint density at radius 3 is 1.88 bits per heavy atom. The first-order chi connectivity index (χ1) is 16.6. The number of amides is 1. The van der Waals surface area contributed by atoms with Crippen LogP contribution in [0.4, 0.5) is 5.69 Å². The Morgan fingerprint density at radius 2 is 1.29 bits per heavy atom. The minimum Gasteiger partial charge on any atom is -0.483 e. The molecule has 0 saturated carbocycles. The van der Waals surface area contributed by atoms with Crippen LogP contribution in [0.5, 0.6) is 5.75 Å². The van der Waals surface area contributed by atoms with Gasteiger partial charge >= 0.3 is 5.97 Å². The summed E-state index contributed by atoms with van der Waals surface area (Å²) in [4.78, 5) is 25.1. The first kappa shape index (κ1) is 22.8. The normalized spacial score (nSPS) is 10.5. The molecule has 0 spiro atoms. The molecule has 0 fully saturated rings. The van der Waals surface area contributed by atoms with Gasteiger partial charge in [-0.05, 0) is 53.9 Å². The number of rotatable bonds is 8. The molecule has 0 radical (unpaired) electrons. The average molecular weight is 452 g/mol. The van der Waals surface area contributed by atoms with Crippen LogP contribution in [0.3, 0.4) is 0 Å². The van der Waals surface area contributed by atoms with E-state index in [0.717, 1.165) is 16.7 Å². The fourth-order valence-electron chi connectivity index (χ4n) is 3.51. The lowest BCUT2D eigenvalue weighted by Crippen LogP contribution is -2.20. The third kappa shape index (κ3) is 5.90. The number of carbonyl (C=O) groups is 2. The third-order valence-corrected chi connectivity index (χ3v) is 5.29. The molecular formula is C29H25NO4. The first-order valence-electron chi connectivity index (χ1n) is 11.0. The van der Waals surface area contributed by atoms with Gasteiger partial charge in [0.25, 0.3) is 5.91 Å². The summed E-state index contributed by atoms with van der Waals surface area (Å²) in [6.07, 6.45) is -0.520. The van der Waals surface area contributed by atoms with Crippen LogP contribution in [0.2, 0.25) is 0 Å². The van der Waals surface area contributed by atoms with Crippen LogP contribution in [0.25, 0.3) is 0 Å². The van der Waals surface area contributed by atoms with Crippen LogP contribution in [-0.2, 0) is 9.53 Å². The van der Waals surface area contributed by atoms with Crippen molar-refractivity contribution in [3.63, 3.8) is 0 Å². The number of hydrogen-bond acceptors (Lipinski definition) is 4. The molecule has 0 heterocycles. The van der Waals surface area contributed by atoms with Crippen molar-refractivity contribution in [2.24, 2.45) is 0 Å². The quantitative estimate of drug-likeness (QED) is 0.336. The van der Waals surface area contributed by atoms with E-state index < -0.39 is 12.1 Å². The highest BCUT2D eigenvalue weighted by molar-refractivity contribution is 5.93.